The van der Waals surface area contributed by atoms with Crippen molar-refractivity contribution in [3.8, 4) is 11.5 Å². The number of aliphatic imine (C=N–C) groups is 1. The van der Waals surface area contributed by atoms with Gasteiger partial charge >= 0.3 is 0 Å². The van der Waals surface area contributed by atoms with E-state index in [-0.39, 0.29) is 18.5 Å². The van der Waals surface area contributed by atoms with Crippen LogP contribution in [0.5, 0.6) is 11.5 Å². The van der Waals surface area contributed by atoms with Crippen molar-refractivity contribution in [3.63, 3.8) is 0 Å². The van der Waals surface area contributed by atoms with Crippen molar-refractivity contribution in [3.05, 3.63) is 53.8 Å². The van der Waals surface area contributed by atoms with Crippen molar-refractivity contribution >= 4 is 17.6 Å². The third-order valence-corrected chi connectivity index (χ3v) is 4.17. The van der Waals surface area contributed by atoms with Crippen LogP contribution in [0.25, 0.3) is 0 Å². The molecule has 0 aliphatic heterocycles. The highest BCUT2D eigenvalue weighted by Gasteiger charge is 2.13. The molecular weight excluding hydrogens is 387 g/mol. The second-order valence-corrected chi connectivity index (χ2v) is 6.42. The van der Waals surface area contributed by atoms with Crippen LogP contribution >= 0.6 is 0 Å². The number of carbonyl (C=O) groups is 1. The molecular formula is C22H29FN4O3. The lowest BCUT2D eigenvalue weighted by Crippen LogP contribution is -2.42. The summed E-state index contributed by atoms with van der Waals surface area (Å²) in [5.41, 5.74) is 1.38. The molecule has 2 aromatic carbocycles. The minimum absolute atomic E-state index is 0.0175. The first-order chi connectivity index (χ1) is 14.5. The van der Waals surface area contributed by atoms with Crippen molar-refractivity contribution in [2.24, 2.45) is 4.99 Å². The fourth-order valence-electron chi connectivity index (χ4n) is 2.76. The lowest BCUT2D eigenvalue weighted by molar-refractivity contribution is -0.115. The van der Waals surface area contributed by atoms with Crippen molar-refractivity contribution in [1.82, 2.24) is 10.6 Å². The van der Waals surface area contributed by atoms with E-state index >= 15 is 0 Å². The molecule has 1 amide bonds. The van der Waals surface area contributed by atoms with Gasteiger partial charge in [0.1, 0.15) is 5.82 Å². The van der Waals surface area contributed by atoms with Gasteiger partial charge in [-0.05, 0) is 56.7 Å². The van der Waals surface area contributed by atoms with Crippen LogP contribution in [0.4, 0.5) is 10.1 Å². The maximum atomic E-state index is 13.2. The van der Waals surface area contributed by atoms with Gasteiger partial charge in [-0.1, -0.05) is 12.1 Å². The van der Waals surface area contributed by atoms with E-state index in [0.717, 1.165) is 5.56 Å². The van der Waals surface area contributed by atoms with Gasteiger partial charge < -0.3 is 25.4 Å². The summed E-state index contributed by atoms with van der Waals surface area (Å²) < 4.78 is 24.5. The number of anilines is 1. The SMILES string of the molecule is CCOc1ccc(C(C)NC(=NC)NCC(=O)Nc2cccc(F)c2)cc1OCC. The number of hydrogen-bond acceptors (Lipinski definition) is 4. The summed E-state index contributed by atoms with van der Waals surface area (Å²) in [6.45, 7) is 6.90. The summed E-state index contributed by atoms with van der Waals surface area (Å²) in [5.74, 6) is 1.13. The zero-order chi connectivity index (χ0) is 21.9. The number of halogens is 1. The van der Waals surface area contributed by atoms with Crippen LogP contribution in [0.15, 0.2) is 47.5 Å². The Hall–Kier alpha value is -3.29. The summed E-state index contributed by atoms with van der Waals surface area (Å²) in [4.78, 5) is 16.3. The average Bonchev–Trinajstić information content (AvgIpc) is 2.72. The Labute approximate surface area is 176 Å². The molecule has 0 bridgehead atoms. The molecule has 2 aromatic rings. The first-order valence-electron chi connectivity index (χ1n) is 9.88. The number of amides is 1. The zero-order valence-corrected chi connectivity index (χ0v) is 17.8. The molecule has 0 aliphatic carbocycles. The Morgan fingerprint density at radius 2 is 1.83 bits per heavy atom. The first kappa shape index (κ1) is 23.0. The van der Waals surface area contributed by atoms with Crippen LogP contribution in [-0.2, 0) is 4.79 Å². The van der Waals surface area contributed by atoms with Gasteiger partial charge in [0, 0.05) is 12.7 Å². The molecule has 1 unspecified atom stereocenters. The fraction of sp³-hybridized carbons (Fsp3) is 0.364. The lowest BCUT2D eigenvalue weighted by atomic mass is 10.1. The number of hydrogen-bond donors (Lipinski definition) is 3. The fourth-order valence-corrected chi connectivity index (χ4v) is 2.76. The molecule has 8 heteroatoms. The zero-order valence-electron chi connectivity index (χ0n) is 17.8. The second kappa shape index (κ2) is 11.6. The van der Waals surface area contributed by atoms with Gasteiger partial charge in [0.25, 0.3) is 0 Å². The molecule has 0 aromatic heterocycles. The highest BCUT2D eigenvalue weighted by molar-refractivity contribution is 5.95. The third kappa shape index (κ3) is 6.95. The molecule has 7 nitrogen and oxygen atoms in total. The largest absolute Gasteiger partial charge is 0.490 e. The molecule has 0 saturated carbocycles. The number of carbonyl (C=O) groups excluding carboxylic acids is 1. The molecule has 0 radical (unpaired) electrons. The summed E-state index contributed by atoms with van der Waals surface area (Å²) in [5, 5.41) is 8.82. The highest BCUT2D eigenvalue weighted by atomic mass is 19.1. The summed E-state index contributed by atoms with van der Waals surface area (Å²) in [6.07, 6.45) is 0. The quantitative estimate of drug-likeness (QED) is 0.431. The van der Waals surface area contributed by atoms with Gasteiger partial charge in [0.2, 0.25) is 5.91 Å². The van der Waals surface area contributed by atoms with E-state index in [4.69, 9.17) is 9.47 Å². The smallest absolute Gasteiger partial charge is 0.243 e. The van der Waals surface area contributed by atoms with Gasteiger partial charge in [-0.15, -0.1) is 0 Å². The molecule has 0 fully saturated rings. The summed E-state index contributed by atoms with van der Waals surface area (Å²) in [7, 11) is 1.62. The lowest BCUT2D eigenvalue weighted by Gasteiger charge is -2.20. The van der Waals surface area contributed by atoms with Gasteiger partial charge in [0.05, 0.1) is 25.8 Å². The number of rotatable bonds is 9. The summed E-state index contributed by atoms with van der Waals surface area (Å²) in [6, 6.07) is 11.4. The molecule has 2 rings (SSSR count). The second-order valence-electron chi connectivity index (χ2n) is 6.42. The standard InChI is InChI=1S/C22H29FN4O3/c1-5-29-19-11-10-16(12-20(19)30-6-2)15(3)26-22(24-4)25-14-21(28)27-18-9-7-8-17(23)13-18/h7-13,15H,5-6,14H2,1-4H3,(H,27,28)(H2,24,25,26). The van der Waals surface area contributed by atoms with E-state index < -0.39 is 5.82 Å². The highest BCUT2D eigenvalue weighted by Crippen LogP contribution is 2.30. The maximum absolute atomic E-state index is 13.2. The topological polar surface area (TPSA) is 84.0 Å². The summed E-state index contributed by atoms with van der Waals surface area (Å²) >= 11 is 0. The molecule has 0 saturated heterocycles. The first-order valence-corrected chi connectivity index (χ1v) is 9.88. The van der Waals surface area contributed by atoms with Gasteiger partial charge in [-0.25, -0.2) is 4.39 Å². The number of nitrogens with zero attached hydrogens (tertiary/aromatic N) is 1. The van der Waals surface area contributed by atoms with Crippen molar-refractivity contribution in [1.29, 1.82) is 0 Å². The van der Waals surface area contributed by atoms with Crippen molar-refractivity contribution < 1.29 is 18.7 Å². The van der Waals surface area contributed by atoms with Gasteiger partial charge in [-0.3, -0.25) is 9.79 Å². The third-order valence-electron chi connectivity index (χ3n) is 4.17. The van der Waals surface area contributed by atoms with Crippen LogP contribution < -0.4 is 25.4 Å². The number of nitrogens with one attached hydrogen (secondary N) is 3. The van der Waals surface area contributed by atoms with Crippen LogP contribution in [-0.4, -0.2) is 38.7 Å². The number of benzene rings is 2. The van der Waals surface area contributed by atoms with Crippen molar-refractivity contribution in [2.75, 3.05) is 32.1 Å². The minimum atomic E-state index is -0.408. The van der Waals surface area contributed by atoms with Crippen LogP contribution in [0.3, 0.4) is 0 Å². The van der Waals surface area contributed by atoms with E-state index in [1.54, 1.807) is 13.1 Å². The minimum Gasteiger partial charge on any atom is -0.490 e. The molecule has 30 heavy (non-hydrogen) atoms. The Morgan fingerprint density at radius 1 is 1.10 bits per heavy atom. The predicted molar refractivity (Wildman–Crippen MR) is 117 cm³/mol. The van der Waals surface area contributed by atoms with E-state index in [1.165, 1.54) is 18.2 Å². The Kier molecular flexibility index (Phi) is 8.93. The van der Waals surface area contributed by atoms with Crippen LogP contribution in [0.1, 0.15) is 32.4 Å². The van der Waals surface area contributed by atoms with Crippen molar-refractivity contribution in [2.45, 2.75) is 26.8 Å². The molecule has 0 spiro atoms. The van der Waals surface area contributed by atoms with E-state index in [1.807, 2.05) is 39.0 Å². The number of guanidine groups is 1. The monoisotopic (exact) mass is 416 g/mol. The normalized spacial score (nSPS) is 12.1. The van der Waals surface area contributed by atoms with Crippen LogP contribution in [0.2, 0.25) is 0 Å². The average molecular weight is 416 g/mol. The van der Waals surface area contributed by atoms with E-state index in [0.29, 0.717) is 36.4 Å². The van der Waals surface area contributed by atoms with E-state index in [2.05, 4.69) is 20.9 Å². The Morgan fingerprint density at radius 3 is 2.50 bits per heavy atom. The number of ether oxygens (including phenoxy) is 2. The molecule has 0 heterocycles. The van der Waals surface area contributed by atoms with Gasteiger partial charge in [0.15, 0.2) is 17.5 Å². The Bertz CT molecular complexity index is 873. The molecule has 162 valence electrons. The van der Waals surface area contributed by atoms with Gasteiger partial charge in [-0.2, -0.15) is 0 Å². The molecule has 0 aliphatic rings. The Balaban J connectivity index is 1.94. The van der Waals surface area contributed by atoms with E-state index in [9.17, 15) is 9.18 Å². The molecule has 1 atom stereocenters. The predicted octanol–water partition coefficient (Wildman–Crippen LogP) is 3.49. The molecule has 3 N–H and O–H groups in total. The van der Waals surface area contributed by atoms with Crippen LogP contribution in [0, 0.1) is 5.82 Å². The maximum Gasteiger partial charge on any atom is 0.243 e.